The average molecular weight is 641 g/mol. The zero-order valence-electron chi connectivity index (χ0n) is 20.6. The van der Waals surface area contributed by atoms with Crippen molar-refractivity contribution in [3.05, 3.63) is 68.7 Å². The summed E-state index contributed by atoms with van der Waals surface area (Å²) in [6.45, 7) is 4.04. The van der Waals surface area contributed by atoms with Gasteiger partial charge in [0.25, 0.3) is 15.9 Å². The van der Waals surface area contributed by atoms with E-state index in [2.05, 4.69) is 20.9 Å². The number of rotatable bonds is 5. The molecule has 1 unspecified atom stereocenters. The van der Waals surface area contributed by atoms with Crippen molar-refractivity contribution in [3.63, 3.8) is 0 Å². The fourth-order valence-electron chi connectivity index (χ4n) is 4.99. The Morgan fingerprint density at radius 3 is 2.24 bits per heavy atom. The summed E-state index contributed by atoms with van der Waals surface area (Å²) in [4.78, 5) is 33.3. The van der Waals surface area contributed by atoms with Crippen LogP contribution in [0.3, 0.4) is 0 Å². The molecular formula is C25H24BrCl2N5O4S. The zero-order valence-corrected chi connectivity index (χ0v) is 24.5. The molecule has 1 fully saturated rings. The molecule has 0 aliphatic carbocycles. The Morgan fingerprint density at radius 1 is 1.05 bits per heavy atom. The Balaban J connectivity index is 1.62. The van der Waals surface area contributed by atoms with Crippen molar-refractivity contribution >= 4 is 72.6 Å². The van der Waals surface area contributed by atoms with E-state index in [1.165, 1.54) is 26.9 Å². The number of sulfonamides is 1. The second-order valence-electron chi connectivity index (χ2n) is 9.49. The third kappa shape index (κ3) is 4.64. The molecule has 0 spiro atoms. The number of halogens is 3. The second kappa shape index (κ2) is 9.95. The van der Waals surface area contributed by atoms with E-state index >= 15 is 0 Å². The van der Waals surface area contributed by atoms with Crippen molar-refractivity contribution < 1.29 is 18.0 Å². The molecule has 1 saturated heterocycles. The van der Waals surface area contributed by atoms with E-state index in [0.717, 1.165) is 10.0 Å². The van der Waals surface area contributed by atoms with E-state index in [4.69, 9.17) is 23.2 Å². The molecule has 3 aromatic rings. The molecule has 0 radical (unpaired) electrons. The highest BCUT2D eigenvalue weighted by molar-refractivity contribution is 9.10. The topological polar surface area (TPSA) is 95.8 Å². The van der Waals surface area contributed by atoms with Gasteiger partial charge in [-0.15, -0.1) is 0 Å². The fraction of sp³-hybridized carbons (Fsp3) is 0.320. The van der Waals surface area contributed by atoms with Gasteiger partial charge >= 0.3 is 0 Å². The van der Waals surface area contributed by atoms with Crippen molar-refractivity contribution in [1.29, 1.82) is 0 Å². The van der Waals surface area contributed by atoms with Crippen molar-refractivity contribution in [2.75, 3.05) is 31.1 Å². The van der Waals surface area contributed by atoms with Gasteiger partial charge in [0.05, 0.1) is 11.9 Å². The Kier molecular flexibility index (Phi) is 7.10. The van der Waals surface area contributed by atoms with E-state index in [0.29, 0.717) is 15.7 Å². The minimum absolute atomic E-state index is 0.0904. The first kappa shape index (κ1) is 27.1. The predicted octanol–water partition coefficient (Wildman–Crippen LogP) is 4.44. The average Bonchev–Trinajstić information content (AvgIpc) is 3.39. The van der Waals surface area contributed by atoms with E-state index < -0.39 is 15.6 Å². The maximum atomic E-state index is 14.1. The van der Waals surface area contributed by atoms with Crippen molar-refractivity contribution in [2.45, 2.75) is 30.8 Å². The van der Waals surface area contributed by atoms with Crippen LogP contribution in [0.4, 0.5) is 11.6 Å². The SMILES string of the molecule is CC(=O)N1CCN(S(=O)(=O)c2cnc3n2C(C)(Cc2ccc(Br)cc2)C(=O)N3c2cc(Cl)cc(Cl)c2)CC1. The Morgan fingerprint density at radius 2 is 1.66 bits per heavy atom. The van der Waals surface area contributed by atoms with Crippen molar-refractivity contribution in [2.24, 2.45) is 0 Å². The van der Waals surface area contributed by atoms with Crippen molar-refractivity contribution in [3.8, 4) is 0 Å². The van der Waals surface area contributed by atoms with E-state index in [9.17, 15) is 18.0 Å². The van der Waals surface area contributed by atoms with Gasteiger partial charge in [-0.2, -0.15) is 4.31 Å². The number of hydrogen-bond donors (Lipinski definition) is 0. The van der Waals surface area contributed by atoms with Gasteiger partial charge in [-0.3, -0.25) is 14.2 Å². The first-order valence-corrected chi connectivity index (χ1v) is 14.8. The molecule has 5 rings (SSSR count). The van der Waals surface area contributed by atoms with Crippen LogP contribution in [0.1, 0.15) is 19.4 Å². The Hall–Kier alpha value is -2.44. The summed E-state index contributed by atoms with van der Waals surface area (Å²) in [5.74, 6) is -0.302. The van der Waals surface area contributed by atoms with Gasteiger partial charge in [0.1, 0.15) is 5.54 Å². The summed E-state index contributed by atoms with van der Waals surface area (Å²) in [6, 6.07) is 12.2. The Labute approximate surface area is 239 Å². The molecule has 13 heteroatoms. The molecule has 38 heavy (non-hydrogen) atoms. The molecule has 0 bridgehead atoms. The fourth-order valence-corrected chi connectivity index (χ4v) is 7.38. The summed E-state index contributed by atoms with van der Waals surface area (Å²) in [7, 11) is -4.05. The second-order valence-corrected chi connectivity index (χ2v) is 13.2. The lowest BCUT2D eigenvalue weighted by Gasteiger charge is -2.34. The summed E-state index contributed by atoms with van der Waals surface area (Å²) < 4.78 is 31.5. The number of fused-ring (bicyclic) bond motifs is 1. The van der Waals surface area contributed by atoms with Crippen LogP contribution < -0.4 is 4.90 Å². The Bertz CT molecular complexity index is 1520. The molecule has 9 nitrogen and oxygen atoms in total. The quantitative estimate of drug-likeness (QED) is 0.411. The van der Waals surface area contributed by atoms with Crippen LogP contribution in [0.25, 0.3) is 0 Å². The van der Waals surface area contributed by atoms with Crippen LogP contribution in [0.2, 0.25) is 10.0 Å². The molecule has 1 aromatic heterocycles. The number of nitrogens with zero attached hydrogens (tertiary/aromatic N) is 5. The summed E-state index contributed by atoms with van der Waals surface area (Å²) in [5.41, 5.74) is -0.0936. The maximum absolute atomic E-state index is 14.1. The number of imidazole rings is 1. The van der Waals surface area contributed by atoms with Gasteiger partial charge in [0, 0.05) is 54.0 Å². The molecular weight excluding hydrogens is 617 g/mol. The van der Waals surface area contributed by atoms with Crippen LogP contribution in [-0.4, -0.2) is 65.2 Å². The van der Waals surface area contributed by atoms with Crippen LogP contribution in [0, 0.1) is 0 Å². The molecule has 2 aliphatic rings. The zero-order chi connectivity index (χ0) is 27.4. The molecule has 2 aromatic carbocycles. The smallest absolute Gasteiger partial charge is 0.260 e. The van der Waals surface area contributed by atoms with Crippen LogP contribution in [0.15, 0.2) is 58.2 Å². The highest BCUT2D eigenvalue weighted by Gasteiger charge is 2.52. The van der Waals surface area contributed by atoms with E-state index in [1.807, 2.05) is 24.3 Å². The van der Waals surface area contributed by atoms with Crippen LogP contribution >= 0.6 is 39.1 Å². The molecule has 2 amide bonds. The summed E-state index contributed by atoms with van der Waals surface area (Å²) in [6.07, 6.45) is 1.50. The molecule has 1 atom stereocenters. The first-order valence-electron chi connectivity index (χ1n) is 11.8. The molecule has 0 saturated carbocycles. The number of anilines is 2. The lowest BCUT2D eigenvalue weighted by atomic mass is 9.92. The number of aromatic nitrogens is 2. The number of carbonyl (C=O) groups is 2. The lowest BCUT2D eigenvalue weighted by Crippen LogP contribution is -2.50. The van der Waals surface area contributed by atoms with Gasteiger partial charge in [-0.25, -0.2) is 18.3 Å². The van der Waals surface area contributed by atoms with Crippen molar-refractivity contribution in [1.82, 2.24) is 18.8 Å². The van der Waals surface area contributed by atoms with Gasteiger partial charge < -0.3 is 4.90 Å². The normalized spacial score (nSPS) is 20.2. The third-order valence-corrected chi connectivity index (χ3v) is 9.75. The van der Waals surface area contributed by atoms with Gasteiger partial charge in [-0.05, 0) is 42.8 Å². The minimum Gasteiger partial charge on any atom is -0.340 e. The van der Waals surface area contributed by atoms with E-state index in [-0.39, 0.29) is 55.4 Å². The number of benzene rings is 2. The number of amides is 2. The molecule has 2 aliphatic heterocycles. The highest BCUT2D eigenvalue weighted by atomic mass is 79.9. The maximum Gasteiger partial charge on any atom is 0.260 e. The lowest BCUT2D eigenvalue weighted by molar-refractivity contribution is -0.130. The number of carbonyl (C=O) groups excluding carboxylic acids is 2. The van der Waals surface area contributed by atoms with Gasteiger partial charge in [-0.1, -0.05) is 51.3 Å². The minimum atomic E-state index is -4.05. The summed E-state index contributed by atoms with van der Waals surface area (Å²) in [5, 5.41) is 0.569. The van der Waals surface area contributed by atoms with Crippen LogP contribution in [-0.2, 0) is 31.6 Å². The van der Waals surface area contributed by atoms with Gasteiger partial charge in [0.15, 0.2) is 5.03 Å². The molecule has 3 heterocycles. The van der Waals surface area contributed by atoms with Gasteiger partial charge in [0.2, 0.25) is 11.9 Å². The third-order valence-electron chi connectivity index (χ3n) is 6.92. The highest BCUT2D eigenvalue weighted by Crippen LogP contribution is 2.45. The summed E-state index contributed by atoms with van der Waals surface area (Å²) >= 11 is 15.9. The monoisotopic (exact) mass is 639 g/mol. The molecule has 200 valence electrons. The number of hydrogen-bond acceptors (Lipinski definition) is 5. The standard InChI is InChI=1S/C25H24BrCl2N5O4S/c1-16(34)30-7-9-31(10-8-30)38(36,37)22-15-29-24-32(21-12-19(27)11-20(28)13-21)23(35)25(2,33(22)24)14-17-3-5-18(26)6-4-17/h3-6,11-13,15H,7-10,14H2,1-2H3. The molecule has 0 N–H and O–H groups in total. The number of piperazine rings is 1. The largest absolute Gasteiger partial charge is 0.340 e. The predicted molar refractivity (Wildman–Crippen MR) is 148 cm³/mol. The van der Waals surface area contributed by atoms with E-state index in [1.54, 1.807) is 30.0 Å². The first-order chi connectivity index (χ1) is 17.9. The van der Waals surface area contributed by atoms with Crippen LogP contribution in [0.5, 0.6) is 0 Å².